The number of nitrogens with two attached hydrogens (primary N) is 1. The maximum atomic E-state index is 12.1. The van der Waals surface area contributed by atoms with Crippen molar-refractivity contribution in [3.8, 4) is 17.1 Å². The molecule has 34 heavy (non-hydrogen) atoms. The molecule has 0 unspecified atom stereocenters. The van der Waals surface area contributed by atoms with Gasteiger partial charge in [0.25, 0.3) is 5.91 Å². The van der Waals surface area contributed by atoms with E-state index in [4.69, 9.17) is 15.0 Å². The van der Waals surface area contributed by atoms with Gasteiger partial charge in [0.15, 0.2) is 17.3 Å². The molecular formula is C21H24N8O4S. The van der Waals surface area contributed by atoms with E-state index in [9.17, 15) is 9.59 Å². The van der Waals surface area contributed by atoms with Crippen LogP contribution in [0.15, 0.2) is 28.8 Å². The Morgan fingerprint density at radius 2 is 2.09 bits per heavy atom. The summed E-state index contributed by atoms with van der Waals surface area (Å²) in [5, 5.41) is 17.7. The van der Waals surface area contributed by atoms with Gasteiger partial charge < -0.3 is 25.6 Å². The summed E-state index contributed by atoms with van der Waals surface area (Å²) < 4.78 is 14.1. The topological polar surface area (TPSA) is 170 Å². The minimum atomic E-state index is -0.773. The molecule has 1 aromatic carbocycles. The molecule has 5 N–H and O–H groups in total. The SMILES string of the molecule is CCSNCc1nc(-c2cccc(Nc3cc(NC(=O)C4CC4)nnc3C(N)=O)c2OC)no1. The minimum Gasteiger partial charge on any atom is -0.494 e. The van der Waals surface area contributed by atoms with Crippen LogP contribution in [0.5, 0.6) is 5.75 Å². The largest absolute Gasteiger partial charge is 0.494 e. The van der Waals surface area contributed by atoms with E-state index in [0.29, 0.717) is 35.3 Å². The molecule has 2 amide bonds. The van der Waals surface area contributed by atoms with E-state index in [-0.39, 0.29) is 29.0 Å². The summed E-state index contributed by atoms with van der Waals surface area (Å²) in [6.07, 6.45) is 1.69. The molecule has 0 atom stereocenters. The molecule has 2 aromatic heterocycles. The van der Waals surface area contributed by atoms with Gasteiger partial charge in [-0.05, 0) is 25.0 Å². The molecule has 0 bridgehead atoms. The van der Waals surface area contributed by atoms with E-state index >= 15 is 0 Å². The van der Waals surface area contributed by atoms with Crippen LogP contribution in [-0.2, 0) is 11.3 Å². The molecule has 3 aromatic rings. The molecule has 1 aliphatic carbocycles. The highest BCUT2D eigenvalue weighted by Gasteiger charge is 2.30. The quantitative estimate of drug-likeness (QED) is 0.233. The number of benzene rings is 1. The third kappa shape index (κ3) is 5.43. The summed E-state index contributed by atoms with van der Waals surface area (Å²) in [5.41, 5.74) is 6.74. The molecule has 4 rings (SSSR count). The molecule has 12 nitrogen and oxygen atoms in total. The van der Waals surface area contributed by atoms with Crippen molar-refractivity contribution in [3.63, 3.8) is 0 Å². The molecule has 1 saturated carbocycles. The summed E-state index contributed by atoms with van der Waals surface area (Å²) in [7, 11) is 1.51. The summed E-state index contributed by atoms with van der Waals surface area (Å²) in [6, 6.07) is 6.81. The van der Waals surface area contributed by atoms with Gasteiger partial charge in [0.1, 0.15) is 0 Å². The second kappa shape index (κ2) is 10.5. The van der Waals surface area contributed by atoms with Crippen LogP contribution in [0.25, 0.3) is 11.4 Å². The second-order valence-corrected chi connectivity index (χ2v) is 8.55. The number of hydrogen-bond donors (Lipinski definition) is 4. The lowest BCUT2D eigenvalue weighted by Crippen LogP contribution is -2.19. The van der Waals surface area contributed by atoms with Crippen molar-refractivity contribution in [2.75, 3.05) is 23.5 Å². The maximum Gasteiger partial charge on any atom is 0.271 e. The van der Waals surface area contributed by atoms with Crippen LogP contribution >= 0.6 is 11.9 Å². The molecular weight excluding hydrogens is 460 g/mol. The molecule has 178 valence electrons. The van der Waals surface area contributed by atoms with E-state index in [1.807, 2.05) is 6.92 Å². The normalized spacial score (nSPS) is 12.9. The first-order valence-electron chi connectivity index (χ1n) is 10.6. The highest BCUT2D eigenvalue weighted by atomic mass is 32.2. The maximum absolute atomic E-state index is 12.1. The Hall–Kier alpha value is -3.71. The van der Waals surface area contributed by atoms with Crippen molar-refractivity contribution in [2.45, 2.75) is 26.3 Å². The van der Waals surface area contributed by atoms with Gasteiger partial charge in [-0.3, -0.25) is 14.3 Å². The number of nitrogens with one attached hydrogen (secondary N) is 3. The predicted molar refractivity (Wildman–Crippen MR) is 126 cm³/mol. The molecule has 13 heteroatoms. The highest BCUT2D eigenvalue weighted by Crippen LogP contribution is 2.37. The number of aromatic nitrogens is 4. The van der Waals surface area contributed by atoms with E-state index in [0.717, 1.165) is 18.6 Å². The zero-order valence-electron chi connectivity index (χ0n) is 18.6. The molecule has 1 aliphatic rings. The molecule has 1 fully saturated rings. The zero-order valence-corrected chi connectivity index (χ0v) is 19.4. The Bertz CT molecular complexity index is 1200. The smallest absolute Gasteiger partial charge is 0.271 e. The van der Waals surface area contributed by atoms with Crippen LogP contribution in [0.1, 0.15) is 36.1 Å². The minimum absolute atomic E-state index is 0.0126. The highest BCUT2D eigenvalue weighted by molar-refractivity contribution is 7.97. The van der Waals surface area contributed by atoms with E-state index in [1.165, 1.54) is 13.2 Å². The number of ether oxygens (including phenoxy) is 1. The van der Waals surface area contributed by atoms with Gasteiger partial charge >= 0.3 is 0 Å². The number of methoxy groups -OCH3 is 1. The van der Waals surface area contributed by atoms with Gasteiger partial charge in [-0.25, -0.2) is 0 Å². The van der Waals surface area contributed by atoms with Gasteiger partial charge in [0.2, 0.25) is 17.6 Å². The first-order chi connectivity index (χ1) is 16.5. The number of carbonyl (C=O) groups is 2. The van der Waals surface area contributed by atoms with Crippen LogP contribution in [0.3, 0.4) is 0 Å². The van der Waals surface area contributed by atoms with Crippen molar-refractivity contribution in [1.29, 1.82) is 0 Å². The third-order valence-electron chi connectivity index (χ3n) is 4.89. The van der Waals surface area contributed by atoms with Crippen molar-refractivity contribution in [2.24, 2.45) is 11.7 Å². The number of nitrogens with zero attached hydrogens (tertiary/aromatic N) is 4. The van der Waals surface area contributed by atoms with Gasteiger partial charge in [-0.2, -0.15) is 4.98 Å². The van der Waals surface area contributed by atoms with Crippen molar-refractivity contribution >= 4 is 41.0 Å². The van der Waals surface area contributed by atoms with Crippen LogP contribution in [0.2, 0.25) is 0 Å². The van der Waals surface area contributed by atoms with E-state index in [1.54, 1.807) is 30.1 Å². The van der Waals surface area contributed by atoms with Crippen LogP contribution in [0.4, 0.5) is 17.2 Å². The number of para-hydroxylation sites is 1. The Morgan fingerprint density at radius 3 is 2.79 bits per heavy atom. The second-order valence-electron chi connectivity index (χ2n) is 7.40. The Labute approximate surface area is 199 Å². The average molecular weight is 485 g/mol. The molecule has 0 radical (unpaired) electrons. The molecule has 2 heterocycles. The summed E-state index contributed by atoms with van der Waals surface area (Å²) in [6.45, 7) is 2.46. The average Bonchev–Trinajstić information content (AvgIpc) is 3.58. The first kappa shape index (κ1) is 23.4. The monoisotopic (exact) mass is 484 g/mol. The molecule has 0 spiro atoms. The van der Waals surface area contributed by atoms with Crippen molar-refractivity contribution in [3.05, 3.63) is 35.9 Å². The fourth-order valence-electron chi connectivity index (χ4n) is 3.13. The first-order valence-corrected chi connectivity index (χ1v) is 11.6. The Morgan fingerprint density at radius 1 is 1.26 bits per heavy atom. The number of primary amides is 1. The number of anilines is 3. The van der Waals surface area contributed by atoms with Crippen LogP contribution in [0, 0.1) is 5.92 Å². The number of rotatable bonds is 11. The number of hydrogen-bond acceptors (Lipinski definition) is 11. The van der Waals surface area contributed by atoms with E-state index < -0.39 is 5.91 Å². The fraction of sp³-hybridized carbons (Fsp3) is 0.333. The lowest BCUT2D eigenvalue weighted by molar-refractivity contribution is -0.117. The van der Waals surface area contributed by atoms with Crippen LogP contribution < -0.4 is 25.8 Å². The Balaban J connectivity index is 1.62. The molecule has 0 aliphatic heterocycles. The van der Waals surface area contributed by atoms with Crippen molar-refractivity contribution < 1.29 is 18.8 Å². The van der Waals surface area contributed by atoms with Crippen molar-refractivity contribution in [1.82, 2.24) is 25.1 Å². The lowest BCUT2D eigenvalue weighted by atomic mass is 10.1. The van der Waals surface area contributed by atoms with Gasteiger partial charge in [0.05, 0.1) is 30.6 Å². The fourth-order valence-corrected chi connectivity index (χ4v) is 3.56. The summed E-state index contributed by atoms with van der Waals surface area (Å²) in [4.78, 5) is 28.5. The predicted octanol–water partition coefficient (Wildman–Crippen LogP) is 2.48. The lowest BCUT2D eigenvalue weighted by Gasteiger charge is -2.15. The molecule has 0 saturated heterocycles. The number of carbonyl (C=O) groups excluding carboxylic acids is 2. The number of amides is 2. The third-order valence-corrected chi connectivity index (χ3v) is 5.53. The zero-order chi connectivity index (χ0) is 24.1. The van der Waals surface area contributed by atoms with Crippen LogP contribution in [-0.4, -0.2) is 45.0 Å². The van der Waals surface area contributed by atoms with E-state index in [2.05, 4.69) is 35.7 Å². The van der Waals surface area contributed by atoms with Gasteiger partial charge in [0, 0.05) is 17.7 Å². The van der Waals surface area contributed by atoms with Gasteiger partial charge in [-0.15, -0.1) is 10.2 Å². The van der Waals surface area contributed by atoms with Gasteiger partial charge in [-0.1, -0.05) is 30.1 Å². The Kier molecular flexibility index (Phi) is 7.23. The summed E-state index contributed by atoms with van der Waals surface area (Å²) in [5.74, 6) is 1.39. The standard InChI is InChI=1S/C21H24N8O4S/c1-3-34-23-10-16-26-20(29-33-16)12-5-4-6-13(18(12)32-2)24-14-9-15(25-21(31)11-7-8-11)27-28-17(14)19(22)30/h4-6,9,11,23H,3,7-8,10H2,1-2H3,(H2,22,30)(H2,24,25,27,31). The summed E-state index contributed by atoms with van der Waals surface area (Å²) >= 11 is 1.55.